The zero-order chi connectivity index (χ0) is 16.0. The summed E-state index contributed by atoms with van der Waals surface area (Å²) in [5.74, 6) is -0.193. The average Bonchev–Trinajstić information content (AvgIpc) is 2.70. The third-order valence-electron chi connectivity index (χ3n) is 3.70. The molecule has 2 rings (SSSR count). The van der Waals surface area contributed by atoms with Crippen molar-refractivity contribution in [3.8, 4) is 0 Å². The van der Waals surface area contributed by atoms with E-state index in [9.17, 15) is 13.2 Å². The van der Waals surface area contributed by atoms with Crippen molar-refractivity contribution in [1.29, 1.82) is 0 Å². The fourth-order valence-electron chi connectivity index (χ4n) is 2.51. The third kappa shape index (κ3) is 3.52. The number of hydrogen-bond acceptors (Lipinski definition) is 3. The molecule has 1 heterocycles. The lowest BCUT2D eigenvalue weighted by molar-refractivity contribution is 0.0778. The summed E-state index contributed by atoms with van der Waals surface area (Å²) >= 11 is 5.97. The molecular formula is C14H17Cl2NO3S. The van der Waals surface area contributed by atoms with Crippen molar-refractivity contribution in [1.82, 2.24) is 4.90 Å². The van der Waals surface area contributed by atoms with E-state index in [4.69, 9.17) is 22.3 Å². The molecule has 4 nitrogen and oxygen atoms in total. The van der Waals surface area contributed by atoms with Crippen LogP contribution >= 0.6 is 22.3 Å². The van der Waals surface area contributed by atoms with Gasteiger partial charge in [0, 0.05) is 29.3 Å². The summed E-state index contributed by atoms with van der Waals surface area (Å²) < 4.78 is 23.1. The van der Waals surface area contributed by atoms with E-state index in [2.05, 4.69) is 13.8 Å². The zero-order valence-corrected chi connectivity index (χ0v) is 14.4. The summed E-state index contributed by atoms with van der Waals surface area (Å²) in [5, 5.41) is 0.0586. The van der Waals surface area contributed by atoms with Crippen LogP contribution in [0, 0.1) is 12.3 Å². The molecule has 1 aliphatic heterocycles. The van der Waals surface area contributed by atoms with E-state index in [0.29, 0.717) is 24.2 Å². The van der Waals surface area contributed by atoms with Gasteiger partial charge in [0.2, 0.25) is 0 Å². The van der Waals surface area contributed by atoms with Gasteiger partial charge in [0.05, 0.1) is 5.02 Å². The van der Waals surface area contributed by atoms with E-state index in [1.54, 1.807) is 17.9 Å². The van der Waals surface area contributed by atoms with E-state index in [-0.39, 0.29) is 21.2 Å². The van der Waals surface area contributed by atoms with Crippen LogP contribution in [0.5, 0.6) is 0 Å². The van der Waals surface area contributed by atoms with E-state index in [1.165, 1.54) is 6.07 Å². The minimum Gasteiger partial charge on any atom is -0.338 e. The molecule has 21 heavy (non-hydrogen) atoms. The summed E-state index contributed by atoms with van der Waals surface area (Å²) in [6.07, 6.45) is 0.923. The minimum atomic E-state index is -3.99. The minimum absolute atomic E-state index is 0.0586. The number of benzene rings is 1. The number of carbonyl (C=O) groups is 1. The van der Waals surface area contributed by atoms with Gasteiger partial charge in [-0.25, -0.2) is 8.42 Å². The monoisotopic (exact) mass is 349 g/mol. The van der Waals surface area contributed by atoms with Crippen LogP contribution in [0.4, 0.5) is 0 Å². The molecule has 0 unspecified atom stereocenters. The standard InChI is InChI=1S/C14H17Cl2NO3S/c1-9-6-10(7-11(12(9)15)21(16,19)20)13(18)17-5-4-14(2,3)8-17/h6-7H,4-5,8H2,1-3H3. The topological polar surface area (TPSA) is 54.5 Å². The third-order valence-corrected chi connectivity index (χ3v) is 5.66. The van der Waals surface area contributed by atoms with Gasteiger partial charge >= 0.3 is 0 Å². The smallest absolute Gasteiger partial charge is 0.262 e. The molecule has 1 aromatic carbocycles. The van der Waals surface area contributed by atoms with E-state index in [0.717, 1.165) is 6.42 Å². The first-order valence-electron chi connectivity index (χ1n) is 6.55. The summed E-state index contributed by atoms with van der Waals surface area (Å²) in [4.78, 5) is 14.0. The van der Waals surface area contributed by atoms with Crippen molar-refractivity contribution >= 4 is 37.2 Å². The van der Waals surface area contributed by atoms with Gasteiger partial charge in [0.1, 0.15) is 4.90 Å². The first kappa shape index (κ1) is 16.6. The highest BCUT2D eigenvalue weighted by atomic mass is 35.7. The van der Waals surface area contributed by atoms with Gasteiger partial charge in [0.15, 0.2) is 0 Å². The van der Waals surface area contributed by atoms with Crippen molar-refractivity contribution in [2.24, 2.45) is 5.41 Å². The Labute approximate surface area is 134 Å². The number of carbonyl (C=O) groups excluding carboxylic acids is 1. The van der Waals surface area contributed by atoms with Gasteiger partial charge in [-0.05, 0) is 36.5 Å². The number of halogens is 2. The first-order chi connectivity index (χ1) is 9.51. The van der Waals surface area contributed by atoms with Crippen molar-refractivity contribution in [3.05, 3.63) is 28.3 Å². The predicted molar refractivity (Wildman–Crippen MR) is 83.5 cm³/mol. The molecule has 0 N–H and O–H groups in total. The highest BCUT2D eigenvalue weighted by Crippen LogP contribution is 2.32. The number of aryl methyl sites for hydroxylation is 1. The molecule has 1 aliphatic rings. The van der Waals surface area contributed by atoms with Crippen molar-refractivity contribution in [3.63, 3.8) is 0 Å². The number of hydrogen-bond donors (Lipinski definition) is 0. The van der Waals surface area contributed by atoms with Gasteiger partial charge in [0.25, 0.3) is 15.0 Å². The molecular weight excluding hydrogens is 333 g/mol. The molecule has 1 saturated heterocycles. The van der Waals surface area contributed by atoms with Gasteiger partial charge in [-0.15, -0.1) is 0 Å². The molecule has 0 spiro atoms. The van der Waals surface area contributed by atoms with Crippen LogP contribution in [0.2, 0.25) is 5.02 Å². The summed E-state index contributed by atoms with van der Waals surface area (Å²) in [6.45, 7) is 7.16. The first-order valence-corrected chi connectivity index (χ1v) is 9.24. The van der Waals surface area contributed by atoms with E-state index >= 15 is 0 Å². The number of nitrogens with zero attached hydrogens (tertiary/aromatic N) is 1. The second-order valence-electron chi connectivity index (χ2n) is 6.18. The normalized spacial score (nSPS) is 18.0. The Morgan fingerprint density at radius 1 is 1.33 bits per heavy atom. The van der Waals surface area contributed by atoms with Crippen molar-refractivity contribution in [2.45, 2.75) is 32.1 Å². The van der Waals surface area contributed by atoms with Crippen LogP contribution in [0.25, 0.3) is 0 Å². The Balaban J connectivity index is 2.42. The van der Waals surface area contributed by atoms with Gasteiger partial charge in [-0.2, -0.15) is 0 Å². The highest BCUT2D eigenvalue weighted by Gasteiger charge is 2.33. The highest BCUT2D eigenvalue weighted by molar-refractivity contribution is 8.13. The maximum Gasteiger partial charge on any atom is 0.262 e. The lowest BCUT2D eigenvalue weighted by Gasteiger charge is -2.20. The van der Waals surface area contributed by atoms with Gasteiger partial charge in [-0.3, -0.25) is 4.79 Å². The fourth-order valence-corrected chi connectivity index (χ4v) is 4.05. The summed E-state index contributed by atoms with van der Waals surface area (Å²) in [6, 6.07) is 2.85. The molecule has 1 aromatic rings. The molecule has 116 valence electrons. The van der Waals surface area contributed by atoms with Crippen LogP contribution in [0.3, 0.4) is 0 Å². The maximum absolute atomic E-state index is 12.5. The molecule has 1 amide bonds. The average molecular weight is 350 g/mol. The van der Waals surface area contributed by atoms with Gasteiger partial charge in [-0.1, -0.05) is 25.4 Å². The molecule has 0 aromatic heterocycles. The van der Waals surface area contributed by atoms with Crippen molar-refractivity contribution < 1.29 is 13.2 Å². The van der Waals surface area contributed by atoms with Crippen LogP contribution in [0.15, 0.2) is 17.0 Å². The summed E-state index contributed by atoms with van der Waals surface area (Å²) in [7, 11) is 1.39. The quantitative estimate of drug-likeness (QED) is 0.768. The van der Waals surface area contributed by atoms with Crippen LogP contribution < -0.4 is 0 Å². The summed E-state index contributed by atoms with van der Waals surface area (Å²) in [5.41, 5.74) is 0.896. The largest absolute Gasteiger partial charge is 0.338 e. The van der Waals surface area contributed by atoms with E-state index in [1.807, 2.05) is 0 Å². The van der Waals surface area contributed by atoms with Crippen LogP contribution in [0.1, 0.15) is 36.2 Å². The van der Waals surface area contributed by atoms with E-state index < -0.39 is 9.05 Å². The molecule has 0 bridgehead atoms. The Morgan fingerprint density at radius 2 is 1.95 bits per heavy atom. The molecule has 0 atom stereocenters. The molecule has 0 aliphatic carbocycles. The lowest BCUT2D eigenvalue weighted by Crippen LogP contribution is -2.30. The van der Waals surface area contributed by atoms with Crippen molar-refractivity contribution in [2.75, 3.05) is 13.1 Å². The predicted octanol–water partition coefficient (Wildman–Crippen LogP) is 3.45. The SMILES string of the molecule is Cc1cc(C(=O)N2CCC(C)(C)C2)cc(S(=O)(=O)Cl)c1Cl. The molecule has 1 fully saturated rings. The Kier molecular flexibility index (Phi) is 4.30. The molecule has 0 radical (unpaired) electrons. The lowest BCUT2D eigenvalue weighted by atomic mass is 9.93. The Morgan fingerprint density at radius 3 is 2.43 bits per heavy atom. The maximum atomic E-state index is 12.5. The molecule has 7 heteroatoms. The number of likely N-dealkylation sites (tertiary alicyclic amines) is 1. The Bertz CT molecular complexity index is 698. The Hall–Kier alpha value is -0.780. The number of rotatable bonds is 2. The molecule has 0 saturated carbocycles. The number of amides is 1. The van der Waals surface area contributed by atoms with Crippen LogP contribution in [-0.2, 0) is 9.05 Å². The van der Waals surface area contributed by atoms with Gasteiger partial charge < -0.3 is 4.90 Å². The fraction of sp³-hybridized carbons (Fsp3) is 0.500. The van der Waals surface area contributed by atoms with Crippen LogP contribution in [-0.4, -0.2) is 32.3 Å². The zero-order valence-electron chi connectivity index (χ0n) is 12.1. The second kappa shape index (κ2) is 5.45. The second-order valence-corrected chi connectivity index (χ2v) is 9.10.